The van der Waals surface area contributed by atoms with E-state index in [0.29, 0.717) is 13.0 Å². The topological polar surface area (TPSA) is 37.8 Å². The van der Waals surface area contributed by atoms with Crippen molar-refractivity contribution in [3.8, 4) is 0 Å². The number of anilines is 1. The van der Waals surface area contributed by atoms with Crippen LogP contribution in [0, 0.1) is 0 Å². The summed E-state index contributed by atoms with van der Waals surface area (Å²) < 4.78 is 37.3. The van der Waals surface area contributed by atoms with Crippen LogP contribution >= 0.6 is 0 Å². The zero-order valence-electron chi connectivity index (χ0n) is 9.98. The van der Waals surface area contributed by atoms with Crippen LogP contribution in [-0.4, -0.2) is 16.5 Å². The molecule has 0 aliphatic rings. The lowest BCUT2D eigenvalue weighted by molar-refractivity contribution is -0.141. The van der Waals surface area contributed by atoms with Gasteiger partial charge in [0.15, 0.2) is 0 Å². The third kappa shape index (κ3) is 3.94. The molecular weight excluding hydrogens is 255 g/mol. The number of rotatable bonds is 4. The van der Waals surface area contributed by atoms with Gasteiger partial charge in [0.2, 0.25) is 0 Å². The first-order valence-corrected chi connectivity index (χ1v) is 5.73. The van der Waals surface area contributed by atoms with E-state index < -0.39 is 11.9 Å². The number of aromatic nitrogens is 2. The van der Waals surface area contributed by atoms with Crippen LogP contribution in [0.15, 0.2) is 42.7 Å². The van der Waals surface area contributed by atoms with E-state index >= 15 is 0 Å². The summed E-state index contributed by atoms with van der Waals surface area (Å²) in [5.74, 6) is 0.179. The van der Waals surface area contributed by atoms with Gasteiger partial charge in [0, 0.05) is 12.6 Å². The van der Waals surface area contributed by atoms with E-state index in [1.165, 1.54) is 0 Å². The molecule has 0 spiro atoms. The monoisotopic (exact) mass is 267 g/mol. The van der Waals surface area contributed by atoms with E-state index in [-0.39, 0.29) is 5.82 Å². The third-order valence-corrected chi connectivity index (χ3v) is 2.52. The van der Waals surface area contributed by atoms with E-state index in [9.17, 15) is 13.2 Å². The molecule has 1 aromatic carbocycles. The molecule has 2 aromatic rings. The maximum absolute atomic E-state index is 12.4. The number of halogens is 3. The molecule has 3 nitrogen and oxygen atoms in total. The lowest BCUT2D eigenvalue weighted by Crippen LogP contribution is -2.11. The van der Waals surface area contributed by atoms with Crippen molar-refractivity contribution in [2.24, 2.45) is 0 Å². The van der Waals surface area contributed by atoms with Gasteiger partial charge in [-0.25, -0.2) is 9.97 Å². The molecule has 0 atom stereocenters. The number of alkyl halides is 3. The highest BCUT2D eigenvalue weighted by atomic mass is 19.4. The molecule has 19 heavy (non-hydrogen) atoms. The van der Waals surface area contributed by atoms with E-state index in [1.807, 2.05) is 30.3 Å². The van der Waals surface area contributed by atoms with E-state index in [2.05, 4.69) is 15.3 Å². The van der Waals surface area contributed by atoms with Gasteiger partial charge in [-0.15, -0.1) is 0 Å². The molecule has 0 saturated heterocycles. The third-order valence-electron chi connectivity index (χ3n) is 2.52. The summed E-state index contributed by atoms with van der Waals surface area (Å²) in [4.78, 5) is 6.96. The number of nitrogens with zero attached hydrogens (tertiary/aromatic N) is 2. The number of hydrogen-bond donors (Lipinski definition) is 1. The maximum atomic E-state index is 12.4. The van der Waals surface area contributed by atoms with Crippen LogP contribution < -0.4 is 5.32 Å². The molecule has 1 aromatic heterocycles. The largest absolute Gasteiger partial charge is 0.433 e. The van der Waals surface area contributed by atoms with Crippen molar-refractivity contribution in [3.63, 3.8) is 0 Å². The van der Waals surface area contributed by atoms with Gasteiger partial charge in [-0.05, 0) is 12.0 Å². The van der Waals surface area contributed by atoms with Crippen molar-refractivity contribution in [1.29, 1.82) is 0 Å². The van der Waals surface area contributed by atoms with Gasteiger partial charge in [0.1, 0.15) is 17.8 Å². The number of hydrogen-bond acceptors (Lipinski definition) is 3. The molecule has 0 fully saturated rings. The van der Waals surface area contributed by atoms with Gasteiger partial charge in [-0.3, -0.25) is 0 Å². The zero-order chi connectivity index (χ0) is 13.7. The SMILES string of the molecule is FC(F)(F)c1cc(NCCc2ccccc2)ncn1. The van der Waals surface area contributed by atoms with Crippen molar-refractivity contribution in [3.05, 3.63) is 54.0 Å². The molecule has 0 saturated carbocycles. The van der Waals surface area contributed by atoms with Crippen LogP contribution in [0.25, 0.3) is 0 Å². The fourth-order valence-electron chi connectivity index (χ4n) is 1.59. The Bertz CT molecular complexity index is 526. The van der Waals surface area contributed by atoms with Crippen molar-refractivity contribution in [2.75, 3.05) is 11.9 Å². The van der Waals surface area contributed by atoms with Gasteiger partial charge in [-0.1, -0.05) is 30.3 Å². The first kappa shape index (κ1) is 13.3. The minimum Gasteiger partial charge on any atom is -0.370 e. The Morgan fingerprint density at radius 3 is 2.47 bits per heavy atom. The molecule has 0 amide bonds. The van der Waals surface area contributed by atoms with Crippen molar-refractivity contribution < 1.29 is 13.2 Å². The summed E-state index contributed by atoms with van der Waals surface area (Å²) in [7, 11) is 0. The lowest BCUT2D eigenvalue weighted by atomic mass is 10.1. The molecule has 1 N–H and O–H groups in total. The van der Waals surface area contributed by atoms with Crippen LogP contribution in [0.1, 0.15) is 11.3 Å². The highest BCUT2D eigenvalue weighted by Crippen LogP contribution is 2.27. The summed E-state index contributed by atoms with van der Waals surface area (Å²) in [6, 6.07) is 10.6. The Hall–Kier alpha value is -2.11. The molecule has 0 bridgehead atoms. The molecule has 1 heterocycles. The van der Waals surface area contributed by atoms with Crippen LogP contribution in [0.3, 0.4) is 0 Å². The Morgan fingerprint density at radius 1 is 1.05 bits per heavy atom. The fourth-order valence-corrected chi connectivity index (χ4v) is 1.59. The van der Waals surface area contributed by atoms with Crippen molar-refractivity contribution in [1.82, 2.24) is 9.97 Å². The van der Waals surface area contributed by atoms with Crippen LogP contribution in [0.4, 0.5) is 19.0 Å². The molecule has 0 aliphatic carbocycles. The average Bonchev–Trinajstić information content (AvgIpc) is 2.39. The fraction of sp³-hybridized carbons (Fsp3) is 0.231. The standard InChI is InChI=1S/C13H12F3N3/c14-13(15,16)11-8-12(19-9-18-11)17-7-6-10-4-2-1-3-5-10/h1-5,8-9H,6-7H2,(H,17,18,19). The molecular formula is C13H12F3N3. The van der Waals surface area contributed by atoms with Crippen LogP contribution in [0.5, 0.6) is 0 Å². The van der Waals surface area contributed by atoms with Gasteiger partial charge in [-0.2, -0.15) is 13.2 Å². The van der Waals surface area contributed by atoms with Crippen LogP contribution in [0.2, 0.25) is 0 Å². The molecule has 6 heteroatoms. The molecule has 0 unspecified atom stereocenters. The lowest BCUT2D eigenvalue weighted by Gasteiger charge is -2.08. The summed E-state index contributed by atoms with van der Waals surface area (Å²) in [5, 5.41) is 2.85. The van der Waals surface area contributed by atoms with Gasteiger partial charge in [0.05, 0.1) is 0 Å². The minimum absolute atomic E-state index is 0.179. The molecule has 0 radical (unpaired) electrons. The first-order valence-electron chi connectivity index (χ1n) is 5.73. The predicted octanol–water partition coefficient (Wildman–Crippen LogP) is 3.15. The zero-order valence-corrected chi connectivity index (χ0v) is 9.98. The van der Waals surface area contributed by atoms with Gasteiger partial charge in [0.25, 0.3) is 0 Å². The van der Waals surface area contributed by atoms with Crippen molar-refractivity contribution >= 4 is 5.82 Å². The van der Waals surface area contributed by atoms with Crippen molar-refractivity contribution in [2.45, 2.75) is 12.6 Å². The van der Waals surface area contributed by atoms with E-state index in [1.54, 1.807) is 0 Å². The molecule has 100 valence electrons. The second-order valence-electron chi connectivity index (χ2n) is 3.95. The van der Waals surface area contributed by atoms with E-state index in [4.69, 9.17) is 0 Å². The second-order valence-corrected chi connectivity index (χ2v) is 3.95. The number of nitrogens with one attached hydrogen (secondary N) is 1. The normalized spacial score (nSPS) is 11.3. The Morgan fingerprint density at radius 2 is 1.79 bits per heavy atom. The molecule has 0 aliphatic heterocycles. The first-order chi connectivity index (χ1) is 9.05. The second kappa shape index (κ2) is 5.69. The molecule has 2 rings (SSSR count). The van der Waals surface area contributed by atoms with Crippen LogP contribution in [-0.2, 0) is 12.6 Å². The Labute approximate surface area is 108 Å². The minimum atomic E-state index is -4.45. The quantitative estimate of drug-likeness (QED) is 0.924. The number of benzene rings is 1. The highest BCUT2D eigenvalue weighted by Gasteiger charge is 2.32. The summed E-state index contributed by atoms with van der Waals surface area (Å²) in [5.41, 5.74) is 0.171. The Balaban J connectivity index is 1.93. The van der Waals surface area contributed by atoms with Gasteiger partial charge >= 0.3 is 6.18 Å². The van der Waals surface area contributed by atoms with Gasteiger partial charge < -0.3 is 5.32 Å². The highest BCUT2D eigenvalue weighted by molar-refractivity contribution is 5.35. The summed E-state index contributed by atoms with van der Waals surface area (Å²) in [6.45, 7) is 0.512. The summed E-state index contributed by atoms with van der Waals surface area (Å²) in [6.07, 6.45) is -2.82. The maximum Gasteiger partial charge on any atom is 0.433 e. The van der Waals surface area contributed by atoms with E-state index in [0.717, 1.165) is 18.0 Å². The smallest absolute Gasteiger partial charge is 0.370 e. The summed E-state index contributed by atoms with van der Waals surface area (Å²) >= 11 is 0. The Kier molecular flexibility index (Phi) is 3.99. The average molecular weight is 267 g/mol. The predicted molar refractivity (Wildman–Crippen MR) is 65.7 cm³/mol.